The summed E-state index contributed by atoms with van der Waals surface area (Å²) in [5.41, 5.74) is 2.28. The number of allylic oxidation sites excluding steroid dienone is 1. The van der Waals surface area contributed by atoms with Gasteiger partial charge >= 0.3 is 0 Å². The molecular weight excluding hydrogens is 351 g/mol. The van der Waals surface area contributed by atoms with E-state index in [4.69, 9.17) is 32.7 Å². The average Bonchev–Trinajstić information content (AvgIpc) is 2.56. The minimum Gasteiger partial charge on any atom is -0.506 e. The van der Waals surface area contributed by atoms with Crippen LogP contribution in [0.1, 0.15) is 16.7 Å². The van der Waals surface area contributed by atoms with Crippen LogP contribution in [0.15, 0.2) is 36.4 Å². The van der Waals surface area contributed by atoms with Gasteiger partial charge in [-0.25, -0.2) is 0 Å². The summed E-state index contributed by atoms with van der Waals surface area (Å²) in [5, 5.41) is 11.0. The Hall–Kier alpha value is -2.01. The molecule has 2 rings (SSSR count). The first-order valence-corrected chi connectivity index (χ1v) is 7.80. The molecule has 126 valence electrons. The van der Waals surface area contributed by atoms with Gasteiger partial charge in [-0.2, -0.15) is 0 Å². The van der Waals surface area contributed by atoms with Gasteiger partial charge in [0.15, 0.2) is 6.79 Å². The van der Waals surface area contributed by atoms with Gasteiger partial charge < -0.3 is 14.6 Å². The van der Waals surface area contributed by atoms with E-state index in [0.29, 0.717) is 33.8 Å². The first kappa shape index (κ1) is 18.3. The zero-order valence-corrected chi connectivity index (χ0v) is 14.7. The SMILES string of the molecule is COCOc1cc(Cl)c(C)cc1/C(=C/C=O)c1cccc(Cl)c1O. The average molecular weight is 367 g/mol. The Labute approximate surface area is 150 Å². The molecule has 2 aromatic rings. The van der Waals surface area contributed by atoms with Gasteiger partial charge in [0.25, 0.3) is 0 Å². The first-order chi connectivity index (χ1) is 11.5. The molecule has 0 unspecified atom stereocenters. The Morgan fingerprint density at radius 3 is 2.62 bits per heavy atom. The van der Waals surface area contributed by atoms with Gasteiger partial charge in [0.05, 0.1) is 5.02 Å². The number of benzene rings is 2. The second-order valence-electron chi connectivity index (χ2n) is 5.00. The van der Waals surface area contributed by atoms with Crippen molar-refractivity contribution in [2.45, 2.75) is 6.92 Å². The number of carbonyl (C=O) groups is 1. The van der Waals surface area contributed by atoms with Gasteiger partial charge in [0.1, 0.15) is 17.8 Å². The maximum atomic E-state index is 11.2. The molecule has 2 aromatic carbocycles. The smallest absolute Gasteiger partial charge is 0.188 e. The standard InChI is InChI=1S/C18H16Cl2O4/c1-11-8-14(17(9-16(11)20)24-10-23-2)12(6-7-21)13-4-3-5-15(19)18(13)22/h3-9,22H,10H2,1-2H3/b12-6+. The maximum Gasteiger partial charge on any atom is 0.188 e. The normalized spacial score (nSPS) is 11.4. The molecule has 0 fully saturated rings. The Morgan fingerprint density at radius 2 is 1.96 bits per heavy atom. The third-order valence-corrected chi connectivity index (χ3v) is 4.11. The highest BCUT2D eigenvalue weighted by Gasteiger charge is 2.17. The highest BCUT2D eigenvalue weighted by molar-refractivity contribution is 6.32. The Bertz CT molecular complexity index is 785. The van der Waals surface area contributed by atoms with Crippen LogP contribution in [-0.4, -0.2) is 25.3 Å². The summed E-state index contributed by atoms with van der Waals surface area (Å²) < 4.78 is 10.5. The topological polar surface area (TPSA) is 55.8 Å². The van der Waals surface area contributed by atoms with Crippen molar-refractivity contribution in [1.29, 1.82) is 0 Å². The van der Waals surface area contributed by atoms with E-state index in [9.17, 15) is 9.90 Å². The van der Waals surface area contributed by atoms with Crippen molar-refractivity contribution >= 4 is 35.1 Å². The zero-order chi connectivity index (χ0) is 17.7. The van der Waals surface area contributed by atoms with Crippen molar-refractivity contribution in [3.05, 3.63) is 63.1 Å². The van der Waals surface area contributed by atoms with E-state index in [-0.39, 0.29) is 17.6 Å². The maximum absolute atomic E-state index is 11.2. The first-order valence-electron chi connectivity index (χ1n) is 7.05. The molecule has 0 bridgehead atoms. The molecule has 0 saturated heterocycles. The van der Waals surface area contributed by atoms with E-state index < -0.39 is 0 Å². The zero-order valence-electron chi connectivity index (χ0n) is 13.2. The summed E-state index contributed by atoms with van der Waals surface area (Å²) in [5.74, 6) is 0.317. The molecule has 0 atom stereocenters. The minimum absolute atomic E-state index is 0.0162. The number of aryl methyl sites for hydroxylation is 1. The summed E-state index contributed by atoms with van der Waals surface area (Å²) >= 11 is 12.2. The number of hydrogen-bond donors (Lipinski definition) is 1. The molecule has 0 spiro atoms. The lowest BCUT2D eigenvalue weighted by atomic mass is 9.94. The Morgan fingerprint density at radius 1 is 1.21 bits per heavy atom. The molecule has 0 radical (unpaired) electrons. The van der Waals surface area contributed by atoms with E-state index in [2.05, 4.69) is 0 Å². The predicted octanol–water partition coefficient (Wildman–Crippen LogP) is 4.62. The van der Waals surface area contributed by atoms with Gasteiger partial charge in [0, 0.05) is 23.3 Å². The number of hydrogen-bond acceptors (Lipinski definition) is 4. The molecule has 0 aliphatic carbocycles. The van der Waals surface area contributed by atoms with Gasteiger partial charge in [-0.05, 0) is 42.3 Å². The number of aromatic hydroxyl groups is 1. The third-order valence-electron chi connectivity index (χ3n) is 3.39. The molecule has 1 N–H and O–H groups in total. The third kappa shape index (κ3) is 3.90. The van der Waals surface area contributed by atoms with Crippen molar-refractivity contribution in [2.75, 3.05) is 13.9 Å². The van der Waals surface area contributed by atoms with E-state index >= 15 is 0 Å². The second-order valence-corrected chi connectivity index (χ2v) is 5.82. The number of methoxy groups -OCH3 is 1. The van der Waals surface area contributed by atoms with Gasteiger partial charge in [-0.15, -0.1) is 0 Å². The Balaban J connectivity index is 2.68. The van der Waals surface area contributed by atoms with E-state index in [0.717, 1.165) is 5.56 Å². The van der Waals surface area contributed by atoms with Crippen molar-refractivity contribution in [3.63, 3.8) is 0 Å². The highest BCUT2D eigenvalue weighted by Crippen LogP contribution is 2.40. The van der Waals surface area contributed by atoms with Crippen molar-refractivity contribution in [2.24, 2.45) is 0 Å². The van der Waals surface area contributed by atoms with E-state index in [1.807, 2.05) is 6.92 Å². The monoisotopic (exact) mass is 366 g/mol. The fraction of sp³-hybridized carbons (Fsp3) is 0.167. The van der Waals surface area contributed by atoms with Crippen LogP contribution in [0.4, 0.5) is 0 Å². The largest absolute Gasteiger partial charge is 0.506 e. The van der Waals surface area contributed by atoms with Crippen LogP contribution in [0.3, 0.4) is 0 Å². The van der Waals surface area contributed by atoms with E-state index in [1.165, 1.54) is 13.2 Å². The summed E-state index contributed by atoms with van der Waals surface area (Å²) in [7, 11) is 1.50. The fourth-order valence-corrected chi connectivity index (χ4v) is 2.57. The number of halogens is 2. The number of ether oxygens (including phenoxy) is 2. The summed E-state index contributed by atoms with van der Waals surface area (Å²) in [6.45, 7) is 1.85. The van der Waals surface area contributed by atoms with Gasteiger partial charge in [-0.1, -0.05) is 35.3 Å². The summed E-state index contributed by atoms with van der Waals surface area (Å²) in [6.07, 6.45) is 1.98. The molecule has 4 nitrogen and oxygen atoms in total. The molecule has 24 heavy (non-hydrogen) atoms. The van der Waals surface area contributed by atoms with Crippen LogP contribution in [0.2, 0.25) is 10.0 Å². The van der Waals surface area contributed by atoms with Crippen LogP contribution >= 0.6 is 23.2 Å². The molecule has 0 aliphatic rings. The van der Waals surface area contributed by atoms with E-state index in [1.54, 1.807) is 30.3 Å². The lowest BCUT2D eigenvalue weighted by molar-refractivity contribution is -0.104. The molecule has 0 saturated carbocycles. The quantitative estimate of drug-likeness (QED) is 0.460. The fourth-order valence-electron chi connectivity index (χ4n) is 2.24. The lowest BCUT2D eigenvalue weighted by Crippen LogP contribution is -2.03. The van der Waals surface area contributed by atoms with Gasteiger partial charge in [-0.3, -0.25) is 4.79 Å². The number of phenols is 1. The summed E-state index contributed by atoms with van der Waals surface area (Å²) in [4.78, 5) is 11.2. The molecule has 0 aromatic heterocycles. The molecule has 0 heterocycles. The minimum atomic E-state index is -0.113. The van der Waals surface area contributed by atoms with Crippen LogP contribution in [0.25, 0.3) is 5.57 Å². The summed E-state index contributed by atoms with van der Waals surface area (Å²) in [6, 6.07) is 8.35. The molecule has 0 aliphatic heterocycles. The molecular formula is C18H16Cl2O4. The van der Waals surface area contributed by atoms with Crippen LogP contribution in [0, 0.1) is 6.92 Å². The Kier molecular flexibility index (Phi) is 6.26. The number of rotatable bonds is 6. The molecule has 0 amide bonds. The number of carbonyl (C=O) groups excluding carboxylic acids is 1. The predicted molar refractivity (Wildman–Crippen MR) is 95.0 cm³/mol. The number of phenolic OH excluding ortho intramolecular Hbond substituents is 1. The van der Waals surface area contributed by atoms with Crippen LogP contribution < -0.4 is 4.74 Å². The van der Waals surface area contributed by atoms with Crippen molar-refractivity contribution < 1.29 is 19.4 Å². The van der Waals surface area contributed by atoms with Crippen LogP contribution in [-0.2, 0) is 9.53 Å². The number of aldehydes is 1. The number of para-hydroxylation sites is 1. The lowest BCUT2D eigenvalue weighted by Gasteiger charge is -2.16. The van der Waals surface area contributed by atoms with Crippen molar-refractivity contribution in [3.8, 4) is 11.5 Å². The highest BCUT2D eigenvalue weighted by atomic mass is 35.5. The van der Waals surface area contributed by atoms with Crippen molar-refractivity contribution in [1.82, 2.24) is 0 Å². The van der Waals surface area contributed by atoms with Crippen LogP contribution in [0.5, 0.6) is 11.5 Å². The second kappa shape index (κ2) is 8.20. The molecule has 6 heteroatoms. The van der Waals surface area contributed by atoms with Gasteiger partial charge in [0.2, 0.25) is 0 Å².